The summed E-state index contributed by atoms with van der Waals surface area (Å²) in [7, 11) is 1.77. The maximum atomic E-state index is 13.2. The first kappa shape index (κ1) is 15.3. The number of benzene rings is 1. The highest BCUT2D eigenvalue weighted by Gasteiger charge is 2.44. The van der Waals surface area contributed by atoms with Crippen molar-refractivity contribution in [1.82, 2.24) is 15.0 Å². The molecule has 0 spiro atoms. The third kappa shape index (κ3) is 2.60. The number of nitrogens with zero attached hydrogens (tertiary/aromatic N) is 3. The molecule has 0 bridgehead atoms. The first-order chi connectivity index (χ1) is 11.6. The number of rotatable bonds is 5. The summed E-state index contributed by atoms with van der Waals surface area (Å²) in [6, 6.07) is 6.54. The summed E-state index contributed by atoms with van der Waals surface area (Å²) in [6.07, 6.45) is 4.89. The van der Waals surface area contributed by atoms with E-state index in [1.165, 1.54) is 12.1 Å². The Bertz CT molecular complexity index is 748. The van der Waals surface area contributed by atoms with E-state index < -0.39 is 0 Å². The Labute approximate surface area is 139 Å². The molecule has 6 heteroatoms. The van der Waals surface area contributed by atoms with Gasteiger partial charge in [0.1, 0.15) is 5.82 Å². The van der Waals surface area contributed by atoms with Crippen LogP contribution in [0.5, 0.6) is 0 Å². The highest BCUT2D eigenvalue weighted by Crippen LogP contribution is 2.47. The standard InChI is InChI=1S/C18H20FN3O2/c1-22(16(23)12-3-4-12)11-15-20-17(21-24-15)18(9-2-10-18)13-5-7-14(19)8-6-13/h5-8,12H,2-4,9-11H2,1H3. The Kier molecular flexibility index (Phi) is 3.62. The number of carbonyl (C=O) groups is 1. The molecule has 2 aliphatic carbocycles. The van der Waals surface area contributed by atoms with Crippen LogP contribution in [-0.2, 0) is 16.8 Å². The summed E-state index contributed by atoms with van der Waals surface area (Å²) in [4.78, 5) is 18.2. The second kappa shape index (κ2) is 5.69. The van der Waals surface area contributed by atoms with Crippen molar-refractivity contribution in [2.24, 2.45) is 5.92 Å². The van der Waals surface area contributed by atoms with Crippen LogP contribution in [0.25, 0.3) is 0 Å². The van der Waals surface area contributed by atoms with E-state index >= 15 is 0 Å². The molecule has 0 N–H and O–H groups in total. The fourth-order valence-corrected chi connectivity index (χ4v) is 3.38. The largest absolute Gasteiger partial charge is 0.337 e. The van der Waals surface area contributed by atoms with Gasteiger partial charge in [0.25, 0.3) is 0 Å². The van der Waals surface area contributed by atoms with Gasteiger partial charge in [-0.3, -0.25) is 4.79 Å². The monoisotopic (exact) mass is 329 g/mol. The van der Waals surface area contributed by atoms with Crippen molar-refractivity contribution in [2.75, 3.05) is 7.05 Å². The molecule has 1 heterocycles. The molecule has 2 saturated carbocycles. The molecule has 0 aliphatic heterocycles. The molecular formula is C18H20FN3O2. The van der Waals surface area contributed by atoms with Gasteiger partial charge < -0.3 is 9.42 Å². The minimum absolute atomic E-state index is 0.145. The molecule has 126 valence electrons. The molecule has 2 aliphatic rings. The van der Waals surface area contributed by atoms with Crippen LogP contribution >= 0.6 is 0 Å². The normalized spacial score (nSPS) is 18.9. The zero-order chi connectivity index (χ0) is 16.7. The fraction of sp³-hybridized carbons (Fsp3) is 0.500. The molecule has 1 aromatic heterocycles. The van der Waals surface area contributed by atoms with E-state index in [1.54, 1.807) is 24.1 Å². The van der Waals surface area contributed by atoms with Crippen molar-refractivity contribution >= 4 is 5.91 Å². The van der Waals surface area contributed by atoms with Crippen molar-refractivity contribution in [3.63, 3.8) is 0 Å². The molecule has 24 heavy (non-hydrogen) atoms. The van der Waals surface area contributed by atoms with Crippen LogP contribution in [0.2, 0.25) is 0 Å². The first-order valence-corrected chi connectivity index (χ1v) is 8.42. The zero-order valence-corrected chi connectivity index (χ0v) is 13.7. The van der Waals surface area contributed by atoms with Gasteiger partial charge in [-0.15, -0.1) is 0 Å². The van der Waals surface area contributed by atoms with Gasteiger partial charge >= 0.3 is 0 Å². The highest BCUT2D eigenvalue weighted by atomic mass is 19.1. The van der Waals surface area contributed by atoms with Crippen LogP contribution in [0.3, 0.4) is 0 Å². The van der Waals surface area contributed by atoms with Crippen LogP contribution in [0.4, 0.5) is 4.39 Å². The third-order valence-electron chi connectivity index (χ3n) is 5.18. The fourth-order valence-electron chi connectivity index (χ4n) is 3.38. The lowest BCUT2D eigenvalue weighted by atomic mass is 9.64. The predicted octanol–water partition coefficient (Wildman–Crippen LogP) is 3.05. The molecule has 2 fully saturated rings. The van der Waals surface area contributed by atoms with E-state index in [0.29, 0.717) is 18.3 Å². The average Bonchev–Trinajstić information content (AvgIpc) is 3.28. The summed E-state index contributed by atoms with van der Waals surface area (Å²) in [5.74, 6) is 1.17. The van der Waals surface area contributed by atoms with E-state index in [1.807, 2.05) is 0 Å². The maximum absolute atomic E-state index is 13.2. The molecule has 0 radical (unpaired) electrons. The zero-order valence-electron chi connectivity index (χ0n) is 13.7. The van der Waals surface area contributed by atoms with E-state index in [-0.39, 0.29) is 23.1 Å². The van der Waals surface area contributed by atoms with Crippen molar-refractivity contribution in [2.45, 2.75) is 44.1 Å². The van der Waals surface area contributed by atoms with Gasteiger partial charge in [-0.05, 0) is 43.4 Å². The number of hydrogen-bond acceptors (Lipinski definition) is 4. The van der Waals surface area contributed by atoms with E-state index in [2.05, 4.69) is 10.1 Å². The SMILES string of the molecule is CN(Cc1nc(C2(c3ccc(F)cc3)CCC2)no1)C(=O)C1CC1. The van der Waals surface area contributed by atoms with Gasteiger partial charge in [-0.2, -0.15) is 4.98 Å². The van der Waals surface area contributed by atoms with Gasteiger partial charge in [0.15, 0.2) is 5.82 Å². The lowest BCUT2D eigenvalue weighted by Crippen LogP contribution is -2.36. The van der Waals surface area contributed by atoms with E-state index in [0.717, 1.165) is 37.7 Å². The average molecular weight is 329 g/mol. The molecule has 0 atom stereocenters. The minimum atomic E-state index is -0.283. The van der Waals surface area contributed by atoms with Crippen LogP contribution < -0.4 is 0 Å². The molecular weight excluding hydrogens is 309 g/mol. The number of hydrogen-bond donors (Lipinski definition) is 0. The Balaban J connectivity index is 1.54. The molecule has 0 saturated heterocycles. The Morgan fingerprint density at radius 2 is 2.04 bits per heavy atom. The second-order valence-corrected chi connectivity index (χ2v) is 6.92. The summed E-state index contributed by atoms with van der Waals surface area (Å²) < 4.78 is 18.6. The molecule has 5 nitrogen and oxygen atoms in total. The lowest BCUT2D eigenvalue weighted by Gasteiger charge is -2.39. The predicted molar refractivity (Wildman–Crippen MR) is 84.5 cm³/mol. The van der Waals surface area contributed by atoms with Gasteiger partial charge in [0.2, 0.25) is 11.8 Å². The molecule has 1 aromatic carbocycles. The van der Waals surface area contributed by atoms with Crippen molar-refractivity contribution in [3.8, 4) is 0 Å². The molecule has 1 amide bonds. The van der Waals surface area contributed by atoms with Crippen LogP contribution in [0.15, 0.2) is 28.8 Å². The Morgan fingerprint density at radius 1 is 1.33 bits per heavy atom. The summed E-state index contributed by atoms with van der Waals surface area (Å²) >= 11 is 0. The minimum Gasteiger partial charge on any atom is -0.337 e. The van der Waals surface area contributed by atoms with Crippen LogP contribution in [0, 0.1) is 11.7 Å². The number of aromatic nitrogens is 2. The van der Waals surface area contributed by atoms with Crippen LogP contribution in [0.1, 0.15) is 49.4 Å². The Morgan fingerprint density at radius 3 is 2.62 bits per heavy atom. The third-order valence-corrected chi connectivity index (χ3v) is 5.18. The first-order valence-electron chi connectivity index (χ1n) is 8.42. The Hall–Kier alpha value is -2.24. The van der Waals surface area contributed by atoms with Crippen molar-refractivity contribution in [1.29, 1.82) is 0 Å². The number of halogens is 1. The van der Waals surface area contributed by atoms with Crippen molar-refractivity contribution < 1.29 is 13.7 Å². The topological polar surface area (TPSA) is 59.2 Å². The van der Waals surface area contributed by atoms with E-state index in [9.17, 15) is 9.18 Å². The number of amides is 1. The van der Waals surface area contributed by atoms with Crippen LogP contribution in [-0.4, -0.2) is 28.0 Å². The molecule has 2 aromatic rings. The lowest BCUT2D eigenvalue weighted by molar-refractivity contribution is -0.132. The summed E-state index contributed by atoms with van der Waals surface area (Å²) in [5.41, 5.74) is 0.735. The summed E-state index contributed by atoms with van der Waals surface area (Å²) in [6.45, 7) is 0.335. The van der Waals surface area contributed by atoms with Gasteiger partial charge in [-0.25, -0.2) is 4.39 Å². The second-order valence-electron chi connectivity index (χ2n) is 6.92. The van der Waals surface area contributed by atoms with E-state index in [4.69, 9.17) is 4.52 Å². The number of carbonyl (C=O) groups excluding carboxylic acids is 1. The molecule has 0 unspecified atom stereocenters. The smallest absolute Gasteiger partial charge is 0.246 e. The van der Waals surface area contributed by atoms with Crippen molar-refractivity contribution in [3.05, 3.63) is 47.4 Å². The van der Waals surface area contributed by atoms with Gasteiger partial charge in [0.05, 0.1) is 12.0 Å². The quantitative estimate of drug-likeness (QED) is 0.846. The van der Waals surface area contributed by atoms with Gasteiger partial charge in [-0.1, -0.05) is 23.7 Å². The summed E-state index contributed by atoms with van der Waals surface area (Å²) in [5, 5.41) is 4.16. The van der Waals surface area contributed by atoms with Gasteiger partial charge in [0, 0.05) is 13.0 Å². The highest BCUT2D eigenvalue weighted by molar-refractivity contribution is 5.80. The maximum Gasteiger partial charge on any atom is 0.246 e. The molecule has 4 rings (SSSR count).